The van der Waals surface area contributed by atoms with Crippen LogP contribution in [0.1, 0.15) is 44.2 Å². The van der Waals surface area contributed by atoms with Crippen LogP contribution in [0.4, 0.5) is 0 Å². The Labute approximate surface area is 144 Å². The minimum atomic E-state index is 0.0864. The van der Waals surface area contributed by atoms with Crippen molar-refractivity contribution in [3.8, 4) is 0 Å². The molecule has 1 aromatic heterocycles. The Balaban J connectivity index is 1.72. The maximum atomic E-state index is 13.1. The monoisotopic (exact) mass is 325 g/mol. The van der Waals surface area contributed by atoms with Crippen molar-refractivity contribution in [2.24, 2.45) is 18.4 Å². The maximum absolute atomic E-state index is 13.1. The fourth-order valence-corrected chi connectivity index (χ4v) is 3.29. The van der Waals surface area contributed by atoms with Gasteiger partial charge in [-0.3, -0.25) is 9.48 Å². The maximum Gasteiger partial charge on any atom is 0.226 e. The van der Waals surface area contributed by atoms with Gasteiger partial charge in [0.2, 0.25) is 5.91 Å². The number of amides is 1. The summed E-state index contributed by atoms with van der Waals surface area (Å²) >= 11 is 0. The summed E-state index contributed by atoms with van der Waals surface area (Å²) in [5.41, 5.74) is 2.46. The Bertz CT molecular complexity index is 699. The summed E-state index contributed by atoms with van der Waals surface area (Å²) in [5.74, 6) is 0.729. The van der Waals surface area contributed by atoms with Crippen molar-refractivity contribution in [2.75, 3.05) is 6.54 Å². The van der Waals surface area contributed by atoms with Crippen molar-refractivity contribution in [1.82, 2.24) is 14.7 Å². The third-order valence-corrected chi connectivity index (χ3v) is 4.45. The molecule has 0 N–H and O–H groups in total. The summed E-state index contributed by atoms with van der Waals surface area (Å²) in [5, 5.41) is 4.24. The molecule has 1 heterocycles. The van der Waals surface area contributed by atoms with Crippen molar-refractivity contribution >= 4 is 5.91 Å². The van der Waals surface area contributed by atoms with Crippen LogP contribution in [0.25, 0.3) is 0 Å². The van der Waals surface area contributed by atoms with Crippen LogP contribution in [0.2, 0.25) is 0 Å². The van der Waals surface area contributed by atoms with Crippen molar-refractivity contribution in [1.29, 1.82) is 0 Å². The van der Waals surface area contributed by atoms with E-state index in [0.29, 0.717) is 12.5 Å². The van der Waals surface area contributed by atoms with Crippen LogP contribution >= 0.6 is 0 Å². The third kappa shape index (κ3) is 4.05. The second-order valence-electron chi connectivity index (χ2n) is 8.14. The van der Waals surface area contributed by atoms with Crippen LogP contribution in [0.5, 0.6) is 0 Å². The number of hydrogen-bond acceptors (Lipinski definition) is 2. The van der Waals surface area contributed by atoms with Gasteiger partial charge in [-0.1, -0.05) is 51.1 Å². The van der Waals surface area contributed by atoms with E-state index in [1.54, 1.807) is 0 Å². The molecule has 0 radical (unpaired) electrons. The molecule has 1 saturated carbocycles. The van der Waals surface area contributed by atoms with Crippen LogP contribution in [-0.2, 0) is 18.4 Å². The number of aromatic nitrogens is 2. The second-order valence-corrected chi connectivity index (χ2v) is 8.14. The van der Waals surface area contributed by atoms with Gasteiger partial charge in [0.25, 0.3) is 0 Å². The Morgan fingerprint density at radius 1 is 1.29 bits per heavy atom. The summed E-state index contributed by atoms with van der Waals surface area (Å²) in [6.45, 7) is 8.02. The Kier molecular flexibility index (Phi) is 4.48. The van der Waals surface area contributed by atoms with Gasteiger partial charge in [0.15, 0.2) is 0 Å². The molecule has 0 saturated heterocycles. The Morgan fingerprint density at radius 2 is 2.00 bits per heavy atom. The molecule has 0 spiro atoms. The van der Waals surface area contributed by atoms with Crippen LogP contribution in [-0.4, -0.2) is 27.1 Å². The number of nitrogens with zero attached hydrogens (tertiary/aromatic N) is 3. The highest BCUT2D eigenvalue weighted by Gasteiger charge is 2.46. The zero-order chi connectivity index (χ0) is 17.3. The van der Waals surface area contributed by atoms with E-state index in [4.69, 9.17) is 0 Å². The SMILES string of the molecule is Cn1cc([C@@H]2C[C@H]2C(=O)N(Cc2ccccc2)CC(C)(C)C)cn1. The first-order valence-corrected chi connectivity index (χ1v) is 8.65. The molecular weight excluding hydrogens is 298 g/mol. The number of hydrogen-bond donors (Lipinski definition) is 0. The number of carbonyl (C=O) groups excluding carboxylic acids is 1. The van der Waals surface area contributed by atoms with Gasteiger partial charge in [-0.15, -0.1) is 0 Å². The lowest BCUT2D eigenvalue weighted by molar-refractivity contribution is -0.134. The molecule has 0 bridgehead atoms. The van der Waals surface area contributed by atoms with Gasteiger partial charge in [0.1, 0.15) is 0 Å². The number of benzene rings is 1. The quantitative estimate of drug-likeness (QED) is 0.842. The number of carbonyl (C=O) groups is 1. The largest absolute Gasteiger partial charge is 0.338 e. The average Bonchev–Trinajstić information content (AvgIpc) is 3.20. The summed E-state index contributed by atoms with van der Waals surface area (Å²) < 4.78 is 1.81. The first-order chi connectivity index (χ1) is 11.3. The molecule has 24 heavy (non-hydrogen) atoms. The normalized spacial score (nSPS) is 20.0. The minimum absolute atomic E-state index is 0.0864. The molecule has 1 fully saturated rings. The highest BCUT2D eigenvalue weighted by molar-refractivity contribution is 5.83. The molecular formula is C20H27N3O. The predicted octanol–water partition coefficient (Wildman–Crippen LogP) is 3.60. The Hall–Kier alpha value is -2.10. The van der Waals surface area contributed by atoms with Crippen molar-refractivity contribution < 1.29 is 4.79 Å². The lowest BCUT2D eigenvalue weighted by Crippen LogP contribution is -2.38. The fourth-order valence-electron chi connectivity index (χ4n) is 3.29. The highest BCUT2D eigenvalue weighted by atomic mass is 16.2. The first kappa shape index (κ1) is 16.7. The van der Waals surface area contributed by atoms with E-state index in [2.05, 4.69) is 38.0 Å². The third-order valence-electron chi connectivity index (χ3n) is 4.45. The molecule has 1 amide bonds. The van der Waals surface area contributed by atoms with E-state index in [0.717, 1.165) is 13.0 Å². The fraction of sp³-hybridized carbons (Fsp3) is 0.500. The van der Waals surface area contributed by atoms with E-state index >= 15 is 0 Å². The standard InChI is InChI=1S/C20H27N3O/c1-20(2,3)14-23(12-15-8-6-5-7-9-15)19(24)18-10-17(18)16-11-21-22(4)13-16/h5-9,11,13,17-18H,10,12,14H2,1-4H3/t17-,18+/m0/s1. The molecule has 2 atom stereocenters. The topological polar surface area (TPSA) is 38.1 Å². The summed E-state index contributed by atoms with van der Waals surface area (Å²) in [6, 6.07) is 10.3. The van der Waals surface area contributed by atoms with Gasteiger partial charge in [0.05, 0.1) is 6.20 Å². The molecule has 1 aromatic carbocycles. The van der Waals surface area contributed by atoms with Crippen LogP contribution < -0.4 is 0 Å². The van der Waals surface area contributed by atoms with Gasteiger partial charge >= 0.3 is 0 Å². The lowest BCUT2D eigenvalue weighted by atomic mass is 9.95. The molecule has 4 nitrogen and oxygen atoms in total. The smallest absolute Gasteiger partial charge is 0.226 e. The van der Waals surface area contributed by atoms with Gasteiger partial charge in [0, 0.05) is 32.3 Å². The van der Waals surface area contributed by atoms with Gasteiger partial charge in [-0.2, -0.15) is 5.10 Å². The van der Waals surface area contributed by atoms with Crippen molar-refractivity contribution in [3.05, 3.63) is 53.9 Å². The summed E-state index contributed by atoms with van der Waals surface area (Å²) in [6.07, 6.45) is 4.87. The molecule has 3 rings (SSSR count). The van der Waals surface area contributed by atoms with E-state index in [1.165, 1.54) is 11.1 Å². The zero-order valence-corrected chi connectivity index (χ0v) is 15.1. The van der Waals surface area contributed by atoms with Gasteiger partial charge < -0.3 is 4.90 Å². The minimum Gasteiger partial charge on any atom is -0.338 e. The molecule has 2 aromatic rings. The summed E-state index contributed by atoms with van der Waals surface area (Å²) in [4.78, 5) is 15.1. The molecule has 0 aliphatic heterocycles. The van der Waals surface area contributed by atoms with Crippen LogP contribution in [0.3, 0.4) is 0 Å². The van der Waals surface area contributed by atoms with Crippen molar-refractivity contribution in [2.45, 2.75) is 39.7 Å². The molecule has 128 valence electrons. The average molecular weight is 325 g/mol. The first-order valence-electron chi connectivity index (χ1n) is 8.65. The number of aryl methyl sites for hydroxylation is 1. The summed E-state index contributed by atoms with van der Waals surface area (Å²) in [7, 11) is 1.92. The highest BCUT2D eigenvalue weighted by Crippen LogP contribution is 2.48. The number of rotatable bonds is 5. The van der Waals surface area contributed by atoms with E-state index in [9.17, 15) is 4.79 Å². The van der Waals surface area contributed by atoms with E-state index < -0.39 is 0 Å². The van der Waals surface area contributed by atoms with Crippen LogP contribution in [0, 0.1) is 11.3 Å². The molecule has 1 aliphatic carbocycles. The van der Waals surface area contributed by atoms with E-state index in [1.807, 2.05) is 47.2 Å². The Morgan fingerprint density at radius 3 is 2.58 bits per heavy atom. The zero-order valence-electron chi connectivity index (χ0n) is 15.1. The van der Waals surface area contributed by atoms with Gasteiger partial charge in [-0.25, -0.2) is 0 Å². The van der Waals surface area contributed by atoms with Gasteiger partial charge in [-0.05, 0) is 28.9 Å². The van der Waals surface area contributed by atoms with Crippen molar-refractivity contribution in [3.63, 3.8) is 0 Å². The lowest BCUT2D eigenvalue weighted by Gasteiger charge is -2.30. The van der Waals surface area contributed by atoms with E-state index in [-0.39, 0.29) is 17.2 Å². The molecule has 4 heteroatoms. The predicted molar refractivity (Wildman–Crippen MR) is 95.4 cm³/mol. The molecule has 1 aliphatic rings. The molecule has 0 unspecified atom stereocenters. The second kappa shape index (κ2) is 6.42. The van der Waals surface area contributed by atoms with Crippen LogP contribution in [0.15, 0.2) is 42.7 Å².